The van der Waals surface area contributed by atoms with Crippen LogP contribution >= 0.6 is 0 Å². The van der Waals surface area contributed by atoms with Gasteiger partial charge in [0.05, 0.1) is 11.3 Å². The second kappa shape index (κ2) is 6.99. The summed E-state index contributed by atoms with van der Waals surface area (Å²) in [5, 5.41) is 4.42. The molecular formula is C25H21N3O. The number of hydrogen-bond acceptors (Lipinski definition) is 1. The minimum Gasteiger partial charge on any atom is -0.361 e. The van der Waals surface area contributed by atoms with Crippen molar-refractivity contribution in [3.63, 3.8) is 0 Å². The number of para-hydroxylation sites is 2. The van der Waals surface area contributed by atoms with Crippen molar-refractivity contribution < 1.29 is 0 Å². The van der Waals surface area contributed by atoms with Crippen molar-refractivity contribution in [1.82, 2.24) is 14.8 Å². The summed E-state index contributed by atoms with van der Waals surface area (Å²) in [5.74, 6) is -0.166. The Labute approximate surface area is 168 Å². The molecule has 0 spiro atoms. The first-order valence-corrected chi connectivity index (χ1v) is 9.72. The van der Waals surface area contributed by atoms with E-state index in [0.717, 1.165) is 39.0 Å². The van der Waals surface area contributed by atoms with Crippen LogP contribution in [0.4, 0.5) is 0 Å². The zero-order valence-corrected chi connectivity index (χ0v) is 16.1. The van der Waals surface area contributed by atoms with Gasteiger partial charge in [-0.25, -0.2) is 4.68 Å². The van der Waals surface area contributed by atoms with Crippen LogP contribution in [0.1, 0.15) is 28.3 Å². The van der Waals surface area contributed by atoms with Crippen LogP contribution < -0.4 is 5.56 Å². The average Bonchev–Trinajstić information content (AvgIpc) is 3.32. The first kappa shape index (κ1) is 17.3. The van der Waals surface area contributed by atoms with Gasteiger partial charge in [-0.2, -0.15) is 0 Å². The molecule has 29 heavy (non-hydrogen) atoms. The van der Waals surface area contributed by atoms with E-state index in [-0.39, 0.29) is 11.5 Å². The van der Waals surface area contributed by atoms with E-state index in [1.54, 1.807) is 4.68 Å². The minimum absolute atomic E-state index is 0.0205. The maximum atomic E-state index is 13.6. The quantitative estimate of drug-likeness (QED) is 0.447. The lowest BCUT2D eigenvalue weighted by Crippen LogP contribution is -2.20. The van der Waals surface area contributed by atoms with Crippen molar-refractivity contribution in [2.24, 2.45) is 0 Å². The lowest BCUT2D eigenvalue weighted by molar-refractivity contribution is 0.833. The second-order valence-corrected chi connectivity index (χ2v) is 7.26. The summed E-state index contributed by atoms with van der Waals surface area (Å²) in [4.78, 5) is 16.9. The number of rotatable bonds is 4. The Morgan fingerprint density at radius 3 is 2.24 bits per heavy atom. The molecule has 2 aromatic heterocycles. The maximum absolute atomic E-state index is 13.6. The summed E-state index contributed by atoms with van der Waals surface area (Å²) in [6.45, 7) is 1.97. The lowest BCUT2D eigenvalue weighted by Gasteiger charge is -2.16. The van der Waals surface area contributed by atoms with E-state index in [9.17, 15) is 4.79 Å². The standard InChI is InChI=1S/C25H21N3O/c1-17-23(25(29)28(27-17)19-12-6-3-7-13-19)24(18-10-4-2-5-11-18)21-16-26-22-15-9-8-14-20(21)22/h2-16,24,26-27H,1H3. The smallest absolute Gasteiger partial charge is 0.275 e. The number of fused-ring (bicyclic) bond motifs is 1. The maximum Gasteiger partial charge on any atom is 0.275 e. The van der Waals surface area contributed by atoms with Crippen LogP contribution in [0, 0.1) is 6.92 Å². The van der Waals surface area contributed by atoms with Gasteiger partial charge in [0.1, 0.15) is 0 Å². The minimum atomic E-state index is -0.166. The van der Waals surface area contributed by atoms with Gasteiger partial charge in [0, 0.05) is 28.7 Å². The fourth-order valence-electron chi connectivity index (χ4n) is 4.14. The number of nitrogens with one attached hydrogen (secondary N) is 2. The van der Waals surface area contributed by atoms with E-state index in [4.69, 9.17) is 0 Å². The number of aryl methyl sites for hydroxylation is 1. The van der Waals surface area contributed by atoms with Gasteiger partial charge < -0.3 is 4.98 Å². The second-order valence-electron chi connectivity index (χ2n) is 7.26. The third-order valence-electron chi connectivity index (χ3n) is 5.49. The Hall–Kier alpha value is -3.79. The molecule has 0 saturated carbocycles. The van der Waals surface area contributed by atoms with Crippen molar-refractivity contribution >= 4 is 10.9 Å². The van der Waals surface area contributed by atoms with E-state index >= 15 is 0 Å². The first-order valence-electron chi connectivity index (χ1n) is 9.72. The molecule has 4 heteroatoms. The number of nitrogens with zero attached hydrogens (tertiary/aromatic N) is 1. The molecule has 2 N–H and O–H groups in total. The average molecular weight is 379 g/mol. The molecule has 0 aliphatic rings. The molecule has 1 atom stereocenters. The largest absolute Gasteiger partial charge is 0.361 e. The molecule has 5 aromatic rings. The molecule has 0 bridgehead atoms. The number of H-pyrrole nitrogens is 2. The van der Waals surface area contributed by atoms with Crippen molar-refractivity contribution in [3.05, 3.63) is 124 Å². The normalized spacial score (nSPS) is 12.3. The highest BCUT2D eigenvalue weighted by Gasteiger charge is 2.27. The van der Waals surface area contributed by atoms with Crippen LogP contribution in [-0.4, -0.2) is 14.8 Å². The van der Waals surface area contributed by atoms with E-state index in [1.165, 1.54) is 0 Å². The van der Waals surface area contributed by atoms with Crippen molar-refractivity contribution in [3.8, 4) is 5.69 Å². The highest BCUT2D eigenvalue weighted by molar-refractivity contribution is 5.84. The third kappa shape index (κ3) is 2.90. The molecule has 5 rings (SSSR count). The van der Waals surface area contributed by atoms with Gasteiger partial charge in [-0.3, -0.25) is 9.89 Å². The fraction of sp³-hybridized carbons (Fsp3) is 0.0800. The monoisotopic (exact) mass is 379 g/mol. The highest BCUT2D eigenvalue weighted by Crippen LogP contribution is 2.36. The summed E-state index contributed by atoms with van der Waals surface area (Å²) < 4.78 is 1.63. The van der Waals surface area contributed by atoms with E-state index in [1.807, 2.05) is 73.8 Å². The molecule has 0 saturated heterocycles. The molecule has 0 amide bonds. The number of hydrogen-bond donors (Lipinski definition) is 2. The van der Waals surface area contributed by atoms with Gasteiger partial charge in [0.25, 0.3) is 5.56 Å². The van der Waals surface area contributed by atoms with Crippen LogP contribution in [0.2, 0.25) is 0 Å². The Kier molecular flexibility index (Phi) is 4.17. The van der Waals surface area contributed by atoms with Crippen LogP contribution in [0.5, 0.6) is 0 Å². The Morgan fingerprint density at radius 2 is 1.48 bits per heavy atom. The van der Waals surface area contributed by atoms with E-state index in [0.29, 0.717) is 0 Å². The molecule has 0 fully saturated rings. The molecule has 142 valence electrons. The lowest BCUT2D eigenvalue weighted by atomic mass is 9.85. The molecule has 1 unspecified atom stereocenters. The molecule has 0 radical (unpaired) electrons. The first-order chi connectivity index (χ1) is 14.2. The summed E-state index contributed by atoms with van der Waals surface area (Å²) in [6, 6.07) is 28.1. The van der Waals surface area contributed by atoms with Gasteiger partial charge in [-0.05, 0) is 36.2 Å². The van der Waals surface area contributed by atoms with Crippen molar-refractivity contribution in [2.75, 3.05) is 0 Å². The molecular weight excluding hydrogens is 358 g/mol. The molecule has 3 aromatic carbocycles. The Balaban J connectivity index is 1.77. The predicted octanol–water partition coefficient (Wildman–Crippen LogP) is 5.14. The zero-order chi connectivity index (χ0) is 19.8. The van der Waals surface area contributed by atoms with Crippen LogP contribution in [0.3, 0.4) is 0 Å². The molecule has 0 aliphatic carbocycles. The molecule has 2 heterocycles. The van der Waals surface area contributed by atoms with E-state index < -0.39 is 0 Å². The van der Waals surface area contributed by atoms with Gasteiger partial charge in [-0.1, -0.05) is 66.7 Å². The van der Waals surface area contributed by atoms with E-state index in [2.05, 4.69) is 34.3 Å². The van der Waals surface area contributed by atoms with Gasteiger partial charge in [-0.15, -0.1) is 0 Å². The summed E-state index contributed by atoms with van der Waals surface area (Å²) in [6.07, 6.45) is 2.03. The molecule has 0 aliphatic heterocycles. The van der Waals surface area contributed by atoms with Crippen molar-refractivity contribution in [1.29, 1.82) is 0 Å². The topological polar surface area (TPSA) is 53.6 Å². The number of aromatic amines is 2. The van der Waals surface area contributed by atoms with Crippen LogP contribution in [0.25, 0.3) is 16.6 Å². The van der Waals surface area contributed by atoms with Gasteiger partial charge in [0.2, 0.25) is 0 Å². The summed E-state index contributed by atoms with van der Waals surface area (Å²) in [5.41, 5.74) is 5.72. The predicted molar refractivity (Wildman–Crippen MR) is 117 cm³/mol. The number of aromatic nitrogens is 3. The Bertz CT molecular complexity index is 1330. The number of benzene rings is 3. The van der Waals surface area contributed by atoms with Gasteiger partial charge in [0.15, 0.2) is 0 Å². The summed E-state index contributed by atoms with van der Waals surface area (Å²) in [7, 11) is 0. The third-order valence-corrected chi connectivity index (χ3v) is 5.49. The summed E-state index contributed by atoms with van der Waals surface area (Å²) >= 11 is 0. The zero-order valence-electron chi connectivity index (χ0n) is 16.1. The fourth-order valence-corrected chi connectivity index (χ4v) is 4.14. The van der Waals surface area contributed by atoms with Crippen molar-refractivity contribution in [2.45, 2.75) is 12.8 Å². The SMILES string of the molecule is Cc1[nH]n(-c2ccccc2)c(=O)c1C(c1ccccc1)c1c[nH]c2ccccc12. The highest BCUT2D eigenvalue weighted by atomic mass is 16.1. The molecule has 4 nitrogen and oxygen atoms in total. The Morgan fingerprint density at radius 1 is 0.828 bits per heavy atom. The van der Waals surface area contributed by atoms with Crippen LogP contribution in [0.15, 0.2) is 95.9 Å². The van der Waals surface area contributed by atoms with Gasteiger partial charge >= 0.3 is 0 Å². The van der Waals surface area contributed by atoms with Crippen LogP contribution in [-0.2, 0) is 0 Å².